The van der Waals surface area contributed by atoms with Gasteiger partial charge in [0.25, 0.3) is 5.91 Å². The lowest BCUT2D eigenvalue weighted by molar-refractivity contribution is 0.0599. The number of nitrogens with zero attached hydrogens (tertiary/aromatic N) is 6. The molecule has 1 aromatic carbocycles. The number of carbonyl (C=O) groups excluding carboxylic acids is 1. The molecule has 2 aromatic heterocycles. The number of carbonyl (C=O) groups is 1. The van der Waals surface area contributed by atoms with E-state index in [4.69, 9.17) is 9.72 Å². The van der Waals surface area contributed by atoms with Crippen LogP contribution in [-0.4, -0.2) is 58.3 Å². The summed E-state index contributed by atoms with van der Waals surface area (Å²) in [5.41, 5.74) is 3.28. The number of hydrogen-bond donors (Lipinski definition) is 0. The summed E-state index contributed by atoms with van der Waals surface area (Å²) in [6.45, 7) is 3.43. The molecule has 1 saturated heterocycles. The minimum absolute atomic E-state index is 0.0485. The van der Waals surface area contributed by atoms with E-state index >= 15 is 0 Å². The first-order valence-electron chi connectivity index (χ1n) is 11.0. The van der Waals surface area contributed by atoms with Gasteiger partial charge in [-0.05, 0) is 49.9 Å². The van der Waals surface area contributed by atoms with Gasteiger partial charge in [-0.3, -0.25) is 9.48 Å². The molecule has 0 radical (unpaired) electrons. The molecule has 168 valence electrons. The molecule has 1 fully saturated rings. The molecule has 3 aromatic rings. The zero-order valence-electron chi connectivity index (χ0n) is 19.2. The van der Waals surface area contributed by atoms with Crippen LogP contribution in [-0.2, 0) is 6.54 Å². The first-order valence-corrected chi connectivity index (χ1v) is 11.0. The number of piperidine rings is 1. The second-order valence-electron chi connectivity index (χ2n) is 8.16. The Hall–Kier alpha value is -3.42. The molecule has 0 aliphatic carbocycles. The van der Waals surface area contributed by atoms with Gasteiger partial charge in [0.05, 0.1) is 18.8 Å². The molecule has 4 rings (SSSR count). The lowest BCUT2D eigenvalue weighted by Gasteiger charge is -2.36. The fourth-order valence-electron chi connectivity index (χ4n) is 4.11. The van der Waals surface area contributed by atoms with Crippen molar-refractivity contribution in [3.05, 3.63) is 54.1 Å². The molecule has 3 heterocycles. The molecular formula is C24H30N6O2. The monoisotopic (exact) mass is 434 g/mol. The summed E-state index contributed by atoms with van der Waals surface area (Å²) in [5, 5.41) is 4.45. The second-order valence-corrected chi connectivity index (χ2v) is 8.16. The third-order valence-electron chi connectivity index (χ3n) is 5.87. The van der Waals surface area contributed by atoms with E-state index in [0.717, 1.165) is 48.4 Å². The maximum Gasteiger partial charge on any atom is 0.274 e. The van der Waals surface area contributed by atoms with Crippen molar-refractivity contribution >= 4 is 11.9 Å². The Morgan fingerprint density at radius 1 is 1.19 bits per heavy atom. The highest BCUT2D eigenvalue weighted by atomic mass is 16.5. The van der Waals surface area contributed by atoms with E-state index in [0.29, 0.717) is 18.2 Å². The van der Waals surface area contributed by atoms with Crippen molar-refractivity contribution < 1.29 is 9.53 Å². The van der Waals surface area contributed by atoms with Crippen molar-refractivity contribution in [2.45, 2.75) is 38.8 Å². The number of aryl methyl sites for hydroxylation is 1. The number of hydrogen-bond acceptors (Lipinski definition) is 6. The molecule has 1 aliphatic rings. The van der Waals surface area contributed by atoms with E-state index in [2.05, 4.69) is 10.1 Å². The molecule has 0 spiro atoms. The number of methoxy groups -OCH3 is 1. The quantitative estimate of drug-likeness (QED) is 0.587. The number of ether oxygens (including phenoxy) is 1. The fourth-order valence-corrected chi connectivity index (χ4v) is 4.11. The Labute approximate surface area is 188 Å². The SMILES string of the molecule is CCn1ccc(C(=O)N2CCCC[C@@H]2c2nc(N(C)C)ncc2-c2ccc(OC)cc2)n1. The molecule has 0 unspecified atom stereocenters. The number of rotatable bonds is 6. The highest BCUT2D eigenvalue weighted by molar-refractivity contribution is 5.92. The summed E-state index contributed by atoms with van der Waals surface area (Å²) in [4.78, 5) is 26.7. The van der Waals surface area contributed by atoms with Gasteiger partial charge in [0.15, 0.2) is 0 Å². The minimum atomic E-state index is -0.137. The number of anilines is 1. The zero-order valence-corrected chi connectivity index (χ0v) is 19.2. The van der Waals surface area contributed by atoms with Crippen LogP contribution in [0.5, 0.6) is 5.75 Å². The van der Waals surface area contributed by atoms with Crippen molar-refractivity contribution in [2.24, 2.45) is 0 Å². The summed E-state index contributed by atoms with van der Waals surface area (Å²) in [6.07, 6.45) is 6.58. The summed E-state index contributed by atoms with van der Waals surface area (Å²) >= 11 is 0. The Bertz CT molecular complexity index is 1080. The van der Waals surface area contributed by atoms with E-state index in [9.17, 15) is 4.79 Å². The molecule has 8 nitrogen and oxygen atoms in total. The lowest BCUT2D eigenvalue weighted by Crippen LogP contribution is -2.39. The predicted molar refractivity (Wildman–Crippen MR) is 124 cm³/mol. The van der Waals surface area contributed by atoms with Crippen LogP contribution in [0.25, 0.3) is 11.1 Å². The minimum Gasteiger partial charge on any atom is -0.497 e. The average molecular weight is 435 g/mol. The predicted octanol–water partition coefficient (Wildman–Crippen LogP) is 3.80. The van der Waals surface area contributed by atoms with Crippen LogP contribution in [0.4, 0.5) is 5.95 Å². The summed E-state index contributed by atoms with van der Waals surface area (Å²) in [7, 11) is 5.50. The first-order chi connectivity index (χ1) is 15.5. The van der Waals surface area contributed by atoms with Crippen LogP contribution in [0.1, 0.15) is 48.4 Å². The molecule has 1 aliphatic heterocycles. The van der Waals surface area contributed by atoms with E-state index in [1.165, 1.54) is 0 Å². The van der Waals surface area contributed by atoms with Crippen LogP contribution >= 0.6 is 0 Å². The second kappa shape index (κ2) is 9.38. The standard InChI is InChI=1S/C24H30N6O2/c1-5-29-15-13-20(27-29)23(31)30-14-7-6-8-21(30)22-19(16-25-24(26-22)28(2)3)17-9-11-18(32-4)12-10-17/h9-13,15-16,21H,5-8,14H2,1-4H3/t21-/m1/s1. The van der Waals surface area contributed by atoms with Crippen LogP contribution in [0, 0.1) is 0 Å². The Balaban J connectivity index is 1.77. The maximum atomic E-state index is 13.4. The molecule has 0 saturated carbocycles. The van der Waals surface area contributed by atoms with Crippen molar-refractivity contribution in [3.8, 4) is 16.9 Å². The third-order valence-corrected chi connectivity index (χ3v) is 5.87. The highest BCUT2D eigenvalue weighted by Gasteiger charge is 2.33. The zero-order chi connectivity index (χ0) is 22.7. The molecule has 8 heteroatoms. The van der Waals surface area contributed by atoms with E-state index in [1.54, 1.807) is 17.9 Å². The van der Waals surface area contributed by atoms with Gasteiger partial charge in [-0.15, -0.1) is 0 Å². The molecule has 1 amide bonds. The van der Waals surface area contributed by atoms with Crippen molar-refractivity contribution in [1.82, 2.24) is 24.6 Å². The topological polar surface area (TPSA) is 76.4 Å². The van der Waals surface area contributed by atoms with Gasteiger partial charge in [0.1, 0.15) is 11.4 Å². The van der Waals surface area contributed by atoms with Crippen LogP contribution in [0.3, 0.4) is 0 Å². The number of aromatic nitrogens is 4. The smallest absolute Gasteiger partial charge is 0.274 e. The van der Waals surface area contributed by atoms with Crippen molar-refractivity contribution in [3.63, 3.8) is 0 Å². The van der Waals surface area contributed by atoms with Gasteiger partial charge >= 0.3 is 0 Å². The average Bonchev–Trinajstić information content (AvgIpc) is 3.33. The molecule has 1 atom stereocenters. The Morgan fingerprint density at radius 2 is 1.97 bits per heavy atom. The van der Waals surface area contributed by atoms with Crippen molar-refractivity contribution in [1.29, 1.82) is 0 Å². The van der Waals surface area contributed by atoms with Gasteiger partial charge < -0.3 is 14.5 Å². The Kier molecular flexibility index (Phi) is 6.39. The van der Waals surface area contributed by atoms with E-state index in [-0.39, 0.29) is 11.9 Å². The summed E-state index contributed by atoms with van der Waals surface area (Å²) in [6, 6.07) is 9.54. The van der Waals surface area contributed by atoms with E-state index in [1.807, 2.05) is 67.5 Å². The van der Waals surface area contributed by atoms with Gasteiger partial charge in [-0.2, -0.15) is 5.10 Å². The van der Waals surface area contributed by atoms with Crippen LogP contribution < -0.4 is 9.64 Å². The molecular weight excluding hydrogens is 404 g/mol. The molecule has 32 heavy (non-hydrogen) atoms. The van der Waals surface area contributed by atoms with Gasteiger partial charge in [-0.1, -0.05) is 12.1 Å². The number of amides is 1. The number of likely N-dealkylation sites (tertiary alicyclic amines) is 1. The third kappa shape index (κ3) is 4.30. The van der Waals surface area contributed by atoms with Crippen molar-refractivity contribution in [2.75, 3.05) is 32.6 Å². The van der Waals surface area contributed by atoms with E-state index < -0.39 is 0 Å². The summed E-state index contributed by atoms with van der Waals surface area (Å²) in [5.74, 6) is 1.38. The number of benzene rings is 1. The fraction of sp³-hybridized carbons (Fsp3) is 0.417. The normalized spacial score (nSPS) is 16.1. The van der Waals surface area contributed by atoms with Gasteiger partial charge in [-0.25, -0.2) is 9.97 Å². The maximum absolute atomic E-state index is 13.4. The van der Waals surface area contributed by atoms with Gasteiger partial charge in [0.2, 0.25) is 5.95 Å². The lowest BCUT2D eigenvalue weighted by atomic mass is 9.93. The first kappa shape index (κ1) is 21.8. The van der Waals surface area contributed by atoms with Gasteiger partial charge in [0, 0.05) is 45.1 Å². The largest absolute Gasteiger partial charge is 0.497 e. The highest BCUT2D eigenvalue weighted by Crippen LogP contribution is 2.37. The molecule has 0 bridgehead atoms. The summed E-state index contributed by atoms with van der Waals surface area (Å²) < 4.78 is 7.09. The van der Waals surface area contributed by atoms with Crippen LogP contribution in [0.15, 0.2) is 42.7 Å². The Morgan fingerprint density at radius 3 is 2.62 bits per heavy atom. The molecule has 0 N–H and O–H groups in total. The van der Waals surface area contributed by atoms with Crippen LogP contribution in [0.2, 0.25) is 0 Å².